The molecule has 1 amide bonds. The summed E-state index contributed by atoms with van der Waals surface area (Å²) in [6.07, 6.45) is 2.71. The summed E-state index contributed by atoms with van der Waals surface area (Å²) < 4.78 is 16.4. The highest BCUT2D eigenvalue weighted by Gasteiger charge is 2.23. The monoisotopic (exact) mass is 400 g/mol. The van der Waals surface area contributed by atoms with Crippen molar-refractivity contribution in [1.29, 1.82) is 0 Å². The highest BCUT2D eigenvalue weighted by Crippen LogP contribution is 2.23. The Morgan fingerprint density at radius 3 is 2.83 bits per heavy atom. The molecule has 0 radical (unpaired) electrons. The first kappa shape index (κ1) is 19.8. The molecule has 152 valence electrons. The van der Waals surface area contributed by atoms with Gasteiger partial charge >= 0.3 is 0 Å². The second-order valence-electron chi connectivity index (χ2n) is 5.83. The normalized spacial score (nSPS) is 11.0. The molecule has 1 aromatic carbocycles. The Balaban J connectivity index is 1.80. The summed E-state index contributed by atoms with van der Waals surface area (Å²) in [5.74, 6) is 0.883. The van der Waals surface area contributed by atoms with E-state index in [9.17, 15) is 4.79 Å². The van der Waals surface area contributed by atoms with Crippen LogP contribution in [-0.2, 0) is 6.42 Å². The maximum Gasteiger partial charge on any atom is 0.293 e. The Hall–Kier alpha value is -3.96. The minimum absolute atomic E-state index is 0.0452. The van der Waals surface area contributed by atoms with Gasteiger partial charge in [-0.05, 0) is 28.9 Å². The Kier molecular flexibility index (Phi) is 6.02. The van der Waals surface area contributed by atoms with E-state index >= 15 is 0 Å². The molecular weight excluding hydrogens is 380 g/mol. The number of ether oxygens (including phenoxy) is 2. The number of hydrogen-bond donors (Lipinski definition) is 2. The molecule has 3 rings (SSSR count). The number of hydrogen-bond acceptors (Lipinski definition) is 10. The predicted octanol–water partition coefficient (Wildman–Crippen LogP) is 0.966. The third kappa shape index (κ3) is 4.15. The van der Waals surface area contributed by atoms with Gasteiger partial charge in [0, 0.05) is 11.6 Å². The van der Waals surface area contributed by atoms with Gasteiger partial charge in [-0.2, -0.15) is 9.78 Å². The van der Waals surface area contributed by atoms with Crippen molar-refractivity contribution < 1.29 is 18.9 Å². The van der Waals surface area contributed by atoms with Crippen molar-refractivity contribution in [2.24, 2.45) is 5.10 Å². The van der Waals surface area contributed by atoms with E-state index in [0.29, 0.717) is 29.2 Å². The van der Waals surface area contributed by atoms with Gasteiger partial charge in [0.05, 0.1) is 26.1 Å². The SMILES string of the molecule is CCCc1c(C(=O)NN=Cc2ccc(OC)cc2OC)nnn1-c1nonc1N. The van der Waals surface area contributed by atoms with Gasteiger partial charge in [0.2, 0.25) is 11.6 Å². The molecule has 0 spiro atoms. The molecule has 0 atom stereocenters. The zero-order valence-electron chi connectivity index (χ0n) is 16.1. The van der Waals surface area contributed by atoms with Gasteiger partial charge in [0.1, 0.15) is 11.5 Å². The van der Waals surface area contributed by atoms with Gasteiger partial charge in [-0.3, -0.25) is 4.79 Å². The number of methoxy groups -OCH3 is 2. The summed E-state index contributed by atoms with van der Waals surface area (Å²) in [6, 6.07) is 5.23. The first-order chi connectivity index (χ1) is 14.1. The summed E-state index contributed by atoms with van der Waals surface area (Å²) >= 11 is 0. The van der Waals surface area contributed by atoms with Gasteiger partial charge in [0.15, 0.2) is 5.69 Å². The van der Waals surface area contributed by atoms with E-state index in [-0.39, 0.29) is 17.3 Å². The molecule has 12 heteroatoms. The molecule has 29 heavy (non-hydrogen) atoms. The van der Waals surface area contributed by atoms with Crippen molar-refractivity contribution in [2.45, 2.75) is 19.8 Å². The van der Waals surface area contributed by atoms with Crippen molar-refractivity contribution in [1.82, 2.24) is 30.7 Å². The van der Waals surface area contributed by atoms with Crippen LogP contribution in [0.15, 0.2) is 27.9 Å². The van der Waals surface area contributed by atoms with E-state index in [1.165, 1.54) is 18.0 Å². The van der Waals surface area contributed by atoms with Crippen LogP contribution in [0.1, 0.15) is 35.1 Å². The molecule has 2 heterocycles. The lowest BCUT2D eigenvalue weighted by molar-refractivity contribution is 0.0949. The van der Waals surface area contributed by atoms with Crippen LogP contribution < -0.4 is 20.6 Å². The molecular formula is C17H20N8O4. The number of aromatic nitrogens is 5. The molecule has 2 aromatic heterocycles. The lowest BCUT2D eigenvalue weighted by Crippen LogP contribution is -2.20. The van der Waals surface area contributed by atoms with E-state index in [1.54, 1.807) is 25.3 Å². The molecule has 0 aliphatic carbocycles. The molecule has 0 saturated heterocycles. The van der Waals surface area contributed by atoms with Crippen molar-refractivity contribution >= 4 is 17.9 Å². The number of hydrazone groups is 1. The van der Waals surface area contributed by atoms with E-state index in [1.807, 2.05) is 6.92 Å². The number of nitrogens with one attached hydrogen (secondary N) is 1. The highest BCUT2D eigenvalue weighted by atomic mass is 16.6. The van der Waals surface area contributed by atoms with Crippen LogP contribution in [0.5, 0.6) is 11.5 Å². The van der Waals surface area contributed by atoms with E-state index < -0.39 is 5.91 Å². The second kappa shape index (κ2) is 8.82. The summed E-state index contributed by atoms with van der Waals surface area (Å²) in [7, 11) is 3.09. The lowest BCUT2D eigenvalue weighted by Gasteiger charge is -2.07. The fourth-order valence-electron chi connectivity index (χ4n) is 2.59. The maximum atomic E-state index is 12.6. The van der Waals surface area contributed by atoms with Gasteiger partial charge < -0.3 is 15.2 Å². The van der Waals surface area contributed by atoms with Gasteiger partial charge in [-0.1, -0.05) is 18.6 Å². The van der Waals surface area contributed by atoms with Crippen molar-refractivity contribution in [3.63, 3.8) is 0 Å². The average Bonchev–Trinajstić information content (AvgIpc) is 3.34. The largest absolute Gasteiger partial charge is 0.497 e. The maximum absolute atomic E-state index is 12.6. The zero-order chi connectivity index (χ0) is 20.8. The van der Waals surface area contributed by atoms with Crippen molar-refractivity contribution in [2.75, 3.05) is 20.0 Å². The summed E-state index contributed by atoms with van der Waals surface area (Å²) in [5.41, 5.74) is 9.43. The molecule has 0 fully saturated rings. The number of anilines is 1. The third-order valence-electron chi connectivity index (χ3n) is 3.97. The van der Waals surface area contributed by atoms with Crippen molar-refractivity contribution in [3.05, 3.63) is 35.2 Å². The minimum Gasteiger partial charge on any atom is -0.497 e. The van der Waals surface area contributed by atoms with Gasteiger partial charge in [0.25, 0.3) is 5.91 Å². The number of amides is 1. The molecule has 0 unspecified atom stereocenters. The van der Waals surface area contributed by atoms with Gasteiger partial charge in [-0.15, -0.1) is 5.10 Å². The van der Waals surface area contributed by atoms with Gasteiger partial charge in [-0.25, -0.2) is 10.1 Å². The molecule has 3 N–H and O–H groups in total. The number of carbonyl (C=O) groups excluding carboxylic acids is 1. The molecule has 3 aromatic rings. The van der Waals surface area contributed by atoms with Crippen LogP contribution in [0.3, 0.4) is 0 Å². The first-order valence-corrected chi connectivity index (χ1v) is 8.67. The standard InChI is InChI=1S/C17H20N8O4/c1-4-5-12-14(20-24-25(12)16-15(18)22-29-23-16)17(26)21-19-9-10-6-7-11(27-2)8-13(10)28-3/h6-9H,4-5H2,1-3H3,(H2,18,22)(H,21,26). The number of rotatable bonds is 8. The third-order valence-corrected chi connectivity index (χ3v) is 3.97. The molecule has 0 aliphatic heterocycles. The summed E-state index contributed by atoms with van der Waals surface area (Å²) in [5, 5.41) is 19.1. The van der Waals surface area contributed by atoms with Crippen LogP contribution in [0.2, 0.25) is 0 Å². The molecule has 12 nitrogen and oxygen atoms in total. The van der Waals surface area contributed by atoms with E-state index in [2.05, 4.69) is 35.8 Å². The topological polar surface area (TPSA) is 156 Å². The quantitative estimate of drug-likeness (QED) is 0.415. The fraction of sp³-hybridized carbons (Fsp3) is 0.294. The Morgan fingerprint density at radius 2 is 2.17 bits per heavy atom. The number of nitrogens with two attached hydrogens (primary N) is 1. The smallest absolute Gasteiger partial charge is 0.293 e. The number of benzene rings is 1. The van der Waals surface area contributed by atoms with Crippen LogP contribution >= 0.6 is 0 Å². The number of carbonyl (C=O) groups is 1. The average molecular weight is 400 g/mol. The molecule has 0 bridgehead atoms. The van der Waals surface area contributed by atoms with Crippen LogP contribution in [0.4, 0.5) is 5.82 Å². The second-order valence-corrected chi connectivity index (χ2v) is 5.83. The number of nitrogens with zero attached hydrogens (tertiary/aromatic N) is 6. The summed E-state index contributed by atoms with van der Waals surface area (Å²) in [6.45, 7) is 1.96. The van der Waals surface area contributed by atoms with Crippen LogP contribution in [0, 0.1) is 0 Å². The van der Waals surface area contributed by atoms with Crippen molar-refractivity contribution in [3.8, 4) is 17.3 Å². The molecule has 0 aliphatic rings. The van der Waals surface area contributed by atoms with E-state index in [0.717, 1.165) is 6.42 Å². The predicted molar refractivity (Wildman–Crippen MR) is 102 cm³/mol. The van der Waals surface area contributed by atoms with E-state index in [4.69, 9.17) is 15.2 Å². The Labute approximate surface area is 165 Å². The number of nitrogen functional groups attached to an aromatic ring is 1. The zero-order valence-corrected chi connectivity index (χ0v) is 16.1. The van der Waals surface area contributed by atoms with Crippen LogP contribution in [0.25, 0.3) is 5.82 Å². The van der Waals surface area contributed by atoms with Crippen LogP contribution in [-0.4, -0.2) is 51.6 Å². The highest BCUT2D eigenvalue weighted by molar-refractivity contribution is 5.94. The molecule has 0 saturated carbocycles. The fourth-order valence-corrected chi connectivity index (χ4v) is 2.59. The first-order valence-electron chi connectivity index (χ1n) is 8.67. The Bertz CT molecular complexity index is 1030. The lowest BCUT2D eigenvalue weighted by atomic mass is 10.2. The minimum atomic E-state index is -0.529. The Morgan fingerprint density at radius 1 is 1.34 bits per heavy atom. The summed E-state index contributed by atoms with van der Waals surface area (Å²) in [4.78, 5) is 12.6.